The molecule has 5 heteroatoms. The molecule has 2 N–H and O–H groups in total. The average Bonchev–Trinajstić information content (AvgIpc) is 3.20. The summed E-state index contributed by atoms with van der Waals surface area (Å²) < 4.78 is 4.84. The summed E-state index contributed by atoms with van der Waals surface area (Å²) in [6.07, 6.45) is 6.42. The number of aromatic nitrogens is 1. The number of methoxy groups -OCH3 is 1. The van der Waals surface area contributed by atoms with Crippen LogP contribution in [0.4, 0.5) is 5.69 Å². The summed E-state index contributed by atoms with van der Waals surface area (Å²) in [5.41, 5.74) is 2.70. The van der Waals surface area contributed by atoms with E-state index in [1.165, 1.54) is 32.8 Å². The van der Waals surface area contributed by atoms with Gasteiger partial charge in [-0.05, 0) is 31.4 Å². The van der Waals surface area contributed by atoms with Crippen LogP contribution in [0.3, 0.4) is 0 Å². The second-order valence-electron chi connectivity index (χ2n) is 6.65. The number of carbonyl (C=O) groups is 2. The van der Waals surface area contributed by atoms with Crippen molar-refractivity contribution in [3.63, 3.8) is 0 Å². The fraction of sp³-hybridized carbons (Fsp3) is 0.474. The SMILES string of the molecule is COC(=O)c1[nH]c2ccc(C)cc2c1NC(=O)CCC1CCCC1. The molecule has 24 heavy (non-hydrogen) atoms. The van der Waals surface area contributed by atoms with Gasteiger partial charge in [0.15, 0.2) is 0 Å². The van der Waals surface area contributed by atoms with Gasteiger partial charge in [-0.1, -0.05) is 37.3 Å². The van der Waals surface area contributed by atoms with Gasteiger partial charge in [-0.2, -0.15) is 0 Å². The van der Waals surface area contributed by atoms with Crippen molar-refractivity contribution in [3.8, 4) is 0 Å². The van der Waals surface area contributed by atoms with E-state index in [0.29, 0.717) is 23.7 Å². The van der Waals surface area contributed by atoms with Crippen molar-refractivity contribution >= 4 is 28.5 Å². The maximum Gasteiger partial charge on any atom is 0.356 e. The molecule has 1 aromatic carbocycles. The fourth-order valence-electron chi connectivity index (χ4n) is 3.53. The lowest BCUT2D eigenvalue weighted by Gasteiger charge is -2.10. The lowest BCUT2D eigenvalue weighted by atomic mass is 10.0. The smallest absolute Gasteiger partial charge is 0.356 e. The van der Waals surface area contributed by atoms with Crippen LogP contribution in [0.1, 0.15) is 54.6 Å². The molecule has 5 nitrogen and oxygen atoms in total. The fourth-order valence-corrected chi connectivity index (χ4v) is 3.53. The van der Waals surface area contributed by atoms with Crippen LogP contribution in [0.2, 0.25) is 0 Å². The van der Waals surface area contributed by atoms with Crippen molar-refractivity contribution in [2.24, 2.45) is 5.92 Å². The summed E-state index contributed by atoms with van der Waals surface area (Å²) in [7, 11) is 1.34. The number of benzene rings is 1. The normalized spacial score (nSPS) is 14.9. The number of hydrogen-bond acceptors (Lipinski definition) is 3. The van der Waals surface area contributed by atoms with Crippen molar-refractivity contribution in [1.82, 2.24) is 4.98 Å². The Balaban J connectivity index is 1.81. The van der Waals surface area contributed by atoms with Gasteiger partial charge in [-0.15, -0.1) is 0 Å². The molecule has 1 aromatic heterocycles. The molecule has 0 unspecified atom stereocenters. The molecule has 1 aliphatic rings. The quantitative estimate of drug-likeness (QED) is 0.809. The highest BCUT2D eigenvalue weighted by Gasteiger charge is 2.21. The zero-order valence-electron chi connectivity index (χ0n) is 14.3. The van der Waals surface area contributed by atoms with Crippen molar-refractivity contribution < 1.29 is 14.3 Å². The first-order valence-corrected chi connectivity index (χ1v) is 8.59. The Bertz CT molecular complexity index is 757. The Hall–Kier alpha value is -2.30. The highest BCUT2D eigenvalue weighted by atomic mass is 16.5. The van der Waals surface area contributed by atoms with Crippen molar-refractivity contribution in [2.75, 3.05) is 12.4 Å². The molecule has 1 heterocycles. The van der Waals surface area contributed by atoms with Gasteiger partial charge < -0.3 is 15.0 Å². The Morgan fingerprint density at radius 1 is 1.29 bits per heavy atom. The van der Waals surface area contributed by atoms with E-state index in [0.717, 1.165) is 22.9 Å². The van der Waals surface area contributed by atoms with Gasteiger partial charge in [0.1, 0.15) is 5.69 Å². The second kappa shape index (κ2) is 7.07. The molecular formula is C19H24N2O3. The van der Waals surface area contributed by atoms with Crippen molar-refractivity contribution in [2.45, 2.75) is 45.4 Å². The van der Waals surface area contributed by atoms with Gasteiger partial charge in [0, 0.05) is 17.3 Å². The van der Waals surface area contributed by atoms with Gasteiger partial charge in [-0.25, -0.2) is 4.79 Å². The lowest BCUT2D eigenvalue weighted by molar-refractivity contribution is -0.116. The Kier molecular flexibility index (Phi) is 4.88. The molecule has 0 spiro atoms. The predicted molar refractivity (Wildman–Crippen MR) is 94.2 cm³/mol. The van der Waals surface area contributed by atoms with E-state index in [1.54, 1.807) is 0 Å². The van der Waals surface area contributed by atoms with Gasteiger partial charge in [-0.3, -0.25) is 4.79 Å². The van der Waals surface area contributed by atoms with Gasteiger partial charge >= 0.3 is 5.97 Å². The van der Waals surface area contributed by atoms with Gasteiger partial charge in [0.25, 0.3) is 0 Å². The molecule has 0 saturated heterocycles. The molecule has 3 rings (SSSR count). The summed E-state index contributed by atoms with van der Waals surface area (Å²) in [5, 5.41) is 3.77. The minimum Gasteiger partial charge on any atom is -0.464 e. The number of anilines is 1. The number of nitrogens with one attached hydrogen (secondary N) is 2. The summed E-state index contributed by atoms with van der Waals surface area (Å²) in [5.74, 6) is 0.144. The molecule has 1 fully saturated rings. The Labute approximate surface area is 141 Å². The molecule has 1 aliphatic carbocycles. The van der Waals surface area contributed by atoms with E-state index in [-0.39, 0.29) is 5.91 Å². The predicted octanol–water partition coefficient (Wildman–Crippen LogP) is 4.17. The van der Waals surface area contributed by atoms with E-state index < -0.39 is 5.97 Å². The number of H-pyrrole nitrogens is 1. The first-order chi connectivity index (χ1) is 11.6. The van der Waals surface area contributed by atoms with E-state index in [4.69, 9.17) is 4.74 Å². The number of aromatic amines is 1. The zero-order chi connectivity index (χ0) is 17.1. The number of aryl methyl sites for hydroxylation is 1. The number of carbonyl (C=O) groups excluding carboxylic acids is 2. The molecule has 0 aliphatic heterocycles. The van der Waals surface area contributed by atoms with E-state index in [1.807, 2.05) is 25.1 Å². The van der Waals surface area contributed by atoms with Crippen LogP contribution in [-0.2, 0) is 9.53 Å². The van der Waals surface area contributed by atoms with Crippen LogP contribution in [-0.4, -0.2) is 24.0 Å². The van der Waals surface area contributed by atoms with Crippen molar-refractivity contribution in [3.05, 3.63) is 29.5 Å². The molecule has 128 valence electrons. The summed E-state index contributed by atoms with van der Waals surface area (Å²) in [6, 6.07) is 5.84. The average molecular weight is 328 g/mol. The van der Waals surface area contributed by atoms with Crippen LogP contribution in [0.15, 0.2) is 18.2 Å². The largest absolute Gasteiger partial charge is 0.464 e. The third kappa shape index (κ3) is 3.45. The maximum absolute atomic E-state index is 12.4. The molecule has 0 radical (unpaired) electrons. The Morgan fingerprint density at radius 2 is 2.04 bits per heavy atom. The van der Waals surface area contributed by atoms with Crippen LogP contribution < -0.4 is 5.32 Å². The summed E-state index contributed by atoms with van der Waals surface area (Å²) in [4.78, 5) is 27.5. The molecule has 2 aromatic rings. The topological polar surface area (TPSA) is 71.2 Å². The zero-order valence-corrected chi connectivity index (χ0v) is 14.3. The summed E-state index contributed by atoms with van der Waals surface area (Å²) >= 11 is 0. The number of rotatable bonds is 5. The third-order valence-electron chi connectivity index (χ3n) is 4.86. The molecule has 1 amide bonds. The number of fused-ring (bicyclic) bond motifs is 1. The van der Waals surface area contributed by atoms with E-state index in [2.05, 4.69) is 10.3 Å². The molecule has 0 atom stereocenters. The first-order valence-electron chi connectivity index (χ1n) is 8.59. The second-order valence-corrected chi connectivity index (χ2v) is 6.65. The number of hydrogen-bond donors (Lipinski definition) is 2. The monoisotopic (exact) mass is 328 g/mol. The van der Waals surface area contributed by atoms with Crippen molar-refractivity contribution in [1.29, 1.82) is 0 Å². The maximum atomic E-state index is 12.4. The van der Waals surface area contributed by atoms with Crippen LogP contribution >= 0.6 is 0 Å². The summed E-state index contributed by atoms with van der Waals surface area (Å²) in [6.45, 7) is 1.98. The Morgan fingerprint density at radius 3 is 2.75 bits per heavy atom. The highest BCUT2D eigenvalue weighted by molar-refractivity contribution is 6.11. The van der Waals surface area contributed by atoms with Gasteiger partial charge in [0.05, 0.1) is 12.8 Å². The first kappa shape index (κ1) is 16.6. The van der Waals surface area contributed by atoms with Gasteiger partial charge in [0.2, 0.25) is 5.91 Å². The van der Waals surface area contributed by atoms with E-state index >= 15 is 0 Å². The molecule has 0 bridgehead atoms. The van der Waals surface area contributed by atoms with Crippen LogP contribution in [0.25, 0.3) is 10.9 Å². The van der Waals surface area contributed by atoms with Crippen LogP contribution in [0, 0.1) is 12.8 Å². The van der Waals surface area contributed by atoms with Crippen LogP contribution in [0.5, 0.6) is 0 Å². The minimum atomic E-state index is -0.477. The minimum absolute atomic E-state index is 0.0468. The lowest BCUT2D eigenvalue weighted by Crippen LogP contribution is -2.15. The number of esters is 1. The third-order valence-corrected chi connectivity index (χ3v) is 4.86. The molecule has 1 saturated carbocycles. The van der Waals surface area contributed by atoms with E-state index in [9.17, 15) is 9.59 Å². The standard InChI is InChI=1S/C19H24N2O3/c1-12-7-9-15-14(11-12)17(18(20-15)19(23)24-2)21-16(22)10-8-13-5-3-4-6-13/h7,9,11,13,20H,3-6,8,10H2,1-2H3,(H,21,22). The molecular weight excluding hydrogens is 304 g/mol. The highest BCUT2D eigenvalue weighted by Crippen LogP contribution is 2.31. The number of amides is 1. The number of ether oxygens (including phenoxy) is 1.